The smallest absolute Gasteiger partial charge is 0.327 e. The van der Waals surface area contributed by atoms with Crippen LogP contribution in [0.2, 0.25) is 0 Å². The molecule has 10 heteroatoms. The zero-order valence-corrected chi connectivity index (χ0v) is 24.2. The molecule has 4 rings (SSSR count). The molecule has 2 saturated carbocycles. The molecular weight excluding hydrogens is 538 g/mol. The largest absolute Gasteiger partial charge is 0.485 e. The number of hydrogen-bond donors (Lipinski definition) is 5. The van der Waals surface area contributed by atoms with Crippen LogP contribution < -0.4 is 4.74 Å². The number of hydrogen-bond acceptors (Lipinski definition) is 8. The van der Waals surface area contributed by atoms with Gasteiger partial charge in [0.05, 0.1) is 25.2 Å². The lowest BCUT2D eigenvalue weighted by Gasteiger charge is -2.41. The molecule has 2 fully saturated rings. The van der Waals surface area contributed by atoms with E-state index in [1.54, 1.807) is 0 Å². The molecule has 0 bridgehead atoms. The second-order valence-electron chi connectivity index (χ2n) is 10.9. The van der Waals surface area contributed by atoms with Crippen molar-refractivity contribution in [1.82, 2.24) is 0 Å². The van der Waals surface area contributed by atoms with Crippen molar-refractivity contribution in [3.05, 3.63) is 65.2 Å². The summed E-state index contributed by atoms with van der Waals surface area (Å²) in [6.07, 6.45) is 10.5. The van der Waals surface area contributed by atoms with Gasteiger partial charge >= 0.3 is 17.2 Å². The molecule has 0 aromatic heterocycles. The first-order valence-corrected chi connectivity index (χ1v) is 16.3. The van der Waals surface area contributed by atoms with Gasteiger partial charge < -0.3 is 38.5 Å². The summed E-state index contributed by atoms with van der Waals surface area (Å²) in [5.41, 5.74) is 1.75. The highest BCUT2D eigenvalue weighted by Crippen LogP contribution is 2.48. The van der Waals surface area contributed by atoms with Crippen molar-refractivity contribution >= 4 is 17.2 Å². The maximum atomic E-state index is 10.9. The number of benzene rings is 2. The van der Waals surface area contributed by atoms with Crippen LogP contribution in [0.25, 0.3) is 0 Å². The molecule has 2 aromatic rings. The first-order chi connectivity index (χ1) is 18.9. The molecule has 5 N–H and O–H groups in total. The molecule has 1 atom stereocenters. The van der Waals surface area contributed by atoms with Gasteiger partial charge in [-0.2, -0.15) is 0 Å². The van der Waals surface area contributed by atoms with E-state index in [0.717, 1.165) is 55.2 Å². The van der Waals surface area contributed by atoms with Crippen LogP contribution in [0.5, 0.6) is 5.75 Å². The quantitative estimate of drug-likeness (QED) is 0.174. The Hall–Kier alpha value is -1.18. The van der Waals surface area contributed by atoms with Crippen molar-refractivity contribution < 1.29 is 38.5 Å². The normalized spacial score (nSPS) is 18.5. The van der Waals surface area contributed by atoms with Crippen molar-refractivity contribution in [2.45, 2.75) is 82.1 Å². The van der Waals surface area contributed by atoms with Gasteiger partial charge in [0.1, 0.15) is 11.9 Å². The van der Waals surface area contributed by atoms with Gasteiger partial charge in [-0.3, -0.25) is 0 Å². The summed E-state index contributed by atoms with van der Waals surface area (Å²) >= 11 is 0. The van der Waals surface area contributed by atoms with E-state index in [2.05, 4.69) is 12.1 Å². The second-order valence-corrected chi connectivity index (χ2v) is 12.4. The fourth-order valence-electron chi connectivity index (χ4n) is 6.26. The van der Waals surface area contributed by atoms with E-state index in [1.165, 1.54) is 25.7 Å². The summed E-state index contributed by atoms with van der Waals surface area (Å²) in [5, 5.41) is 10.9. The highest BCUT2D eigenvalue weighted by Gasteiger charge is 2.45. The Bertz CT molecular complexity index is 996. The molecule has 0 amide bonds. The SMILES string of the molecule is OCC(COP(O)O)(COP(O)O)C(Oc1ccccc1C1CCCCC1)c1ccccc1C1CCCCC1. The topological polar surface area (TPSA) is 129 Å². The highest BCUT2D eigenvalue weighted by molar-refractivity contribution is 7.39. The summed E-state index contributed by atoms with van der Waals surface area (Å²) in [6, 6.07) is 16.0. The Balaban J connectivity index is 1.81. The maximum absolute atomic E-state index is 10.9. The lowest BCUT2D eigenvalue weighted by atomic mass is 9.75. The Morgan fingerprint density at radius 2 is 1.18 bits per heavy atom. The van der Waals surface area contributed by atoms with Crippen LogP contribution in [0.4, 0.5) is 0 Å². The molecular formula is C29H42O8P2. The van der Waals surface area contributed by atoms with Gasteiger partial charge in [0, 0.05) is 0 Å². The number of aliphatic hydroxyl groups excluding tert-OH is 1. The third kappa shape index (κ3) is 8.19. The zero-order valence-electron chi connectivity index (χ0n) is 22.4. The number of para-hydroxylation sites is 1. The first kappa shape index (κ1) is 30.8. The average molecular weight is 581 g/mol. The van der Waals surface area contributed by atoms with Crippen LogP contribution in [0, 0.1) is 5.41 Å². The molecule has 0 saturated heterocycles. The van der Waals surface area contributed by atoms with Crippen molar-refractivity contribution in [2.75, 3.05) is 19.8 Å². The molecule has 216 valence electrons. The van der Waals surface area contributed by atoms with Gasteiger partial charge in [-0.1, -0.05) is 81.0 Å². The van der Waals surface area contributed by atoms with E-state index < -0.39 is 35.3 Å². The number of rotatable bonds is 13. The van der Waals surface area contributed by atoms with Crippen LogP contribution in [0.15, 0.2) is 48.5 Å². The van der Waals surface area contributed by atoms with Gasteiger partial charge in [0.15, 0.2) is 0 Å². The van der Waals surface area contributed by atoms with Crippen molar-refractivity contribution in [2.24, 2.45) is 5.41 Å². The van der Waals surface area contributed by atoms with Crippen molar-refractivity contribution in [3.63, 3.8) is 0 Å². The first-order valence-electron chi connectivity index (χ1n) is 14.0. The van der Waals surface area contributed by atoms with Crippen molar-refractivity contribution in [3.8, 4) is 5.75 Å². The summed E-state index contributed by atoms with van der Waals surface area (Å²) in [5.74, 6) is 1.40. The Labute approximate surface area is 234 Å². The van der Waals surface area contributed by atoms with Crippen molar-refractivity contribution in [1.29, 1.82) is 0 Å². The maximum Gasteiger partial charge on any atom is 0.327 e. The molecule has 0 aliphatic heterocycles. The number of ether oxygens (including phenoxy) is 1. The molecule has 8 nitrogen and oxygen atoms in total. The van der Waals surface area contributed by atoms with Crippen LogP contribution in [-0.4, -0.2) is 44.5 Å². The van der Waals surface area contributed by atoms with Gasteiger partial charge in [-0.15, -0.1) is 0 Å². The Morgan fingerprint density at radius 1 is 0.692 bits per heavy atom. The summed E-state index contributed by atoms with van der Waals surface area (Å²) < 4.78 is 17.5. The van der Waals surface area contributed by atoms with E-state index in [4.69, 9.17) is 13.8 Å². The molecule has 0 heterocycles. The molecule has 2 aromatic carbocycles. The van der Waals surface area contributed by atoms with Gasteiger partial charge in [0.25, 0.3) is 0 Å². The Morgan fingerprint density at radius 3 is 1.72 bits per heavy atom. The van der Waals surface area contributed by atoms with E-state index >= 15 is 0 Å². The molecule has 1 unspecified atom stereocenters. The summed E-state index contributed by atoms with van der Waals surface area (Å²) in [7, 11) is -5.46. The molecule has 0 spiro atoms. The molecule has 2 aliphatic rings. The fourth-order valence-corrected chi connectivity index (χ4v) is 7.00. The Kier molecular flexibility index (Phi) is 12.0. The standard InChI is InChI=1S/C29H42O8P2/c30-19-29(20-35-38(31)32,21-36-39(33)34)28(26-17-8-7-15-24(26)22-11-3-1-4-12-22)37-27-18-10-9-16-25(27)23-13-5-2-6-14-23/h7-10,15-18,22-23,28,30-34H,1-6,11-14,19-21H2. The lowest BCUT2D eigenvalue weighted by Crippen LogP contribution is -2.44. The molecule has 0 radical (unpaired) electrons. The zero-order chi connectivity index (χ0) is 27.7. The lowest BCUT2D eigenvalue weighted by molar-refractivity contribution is -0.0662. The van der Waals surface area contributed by atoms with Gasteiger partial charge in [-0.25, -0.2) is 0 Å². The monoisotopic (exact) mass is 580 g/mol. The molecule has 39 heavy (non-hydrogen) atoms. The van der Waals surface area contributed by atoms with Gasteiger partial charge in [0.2, 0.25) is 0 Å². The predicted molar refractivity (Wildman–Crippen MR) is 152 cm³/mol. The minimum Gasteiger partial charge on any atom is -0.485 e. The van der Waals surface area contributed by atoms with Crippen LogP contribution >= 0.6 is 17.2 Å². The fraction of sp³-hybridized carbons (Fsp3) is 0.586. The van der Waals surface area contributed by atoms with E-state index in [1.807, 2.05) is 36.4 Å². The summed E-state index contributed by atoms with van der Waals surface area (Å²) in [4.78, 5) is 38.6. The summed E-state index contributed by atoms with van der Waals surface area (Å²) in [6.45, 7) is -1.14. The third-order valence-electron chi connectivity index (χ3n) is 8.34. The van der Waals surface area contributed by atoms with E-state index in [9.17, 15) is 24.7 Å². The number of aliphatic hydroxyl groups is 1. The predicted octanol–water partition coefficient (Wildman–Crippen LogP) is 6.34. The van der Waals surface area contributed by atoms with Crippen LogP contribution in [0.3, 0.4) is 0 Å². The van der Waals surface area contributed by atoms with E-state index in [-0.39, 0.29) is 13.2 Å². The van der Waals surface area contributed by atoms with E-state index in [0.29, 0.717) is 17.6 Å². The van der Waals surface area contributed by atoms with Crippen LogP contribution in [0.1, 0.15) is 98.8 Å². The minimum absolute atomic E-state index is 0.319. The second kappa shape index (κ2) is 15.2. The highest BCUT2D eigenvalue weighted by atomic mass is 31.2. The minimum atomic E-state index is -2.73. The molecule has 2 aliphatic carbocycles. The average Bonchev–Trinajstić information content (AvgIpc) is 2.97. The third-order valence-corrected chi connectivity index (χ3v) is 9.06. The van der Waals surface area contributed by atoms with Gasteiger partial charge in [-0.05, 0) is 60.3 Å². The van der Waals surface area contributed by atoms with Crippen LogP contribution in [-0.2, 0) is 9.05 Å².